The first-order valence-corrected chi connectivity index (χ1v) is 7.43. The maximum atomic E-state index is 12.5. The number of benzene rings is 1. The Morgan fingerprint density at radius 2 is 1.92 bits per heavy atom. The van der Waals surface area contributed by atoms with Crippen LogP contribution < -0.4 is 10.6 Å². The van der Waals surface area contributed by atoms with E-state index in [0.717, 1.165) is 23.4 Å². The molecule has 0 aliphatic rings. The summed E-state index contributed by atoms with van der Waals surface area (Å²) in [5.74, 6) is 0. The topological polar surface area (TPSA) is 59.0 Å². The lowest BCUT2D eigenvalue weighted by atomic mass is 10.1. The van der Waals surface area contributed by atoms with E-state index < -0.39 is 11.7 Å². The van der Waals surface area contributed by atoms with Crippen molar-refractivity contribution in [1.82, 2.24) is 20.4 Å². The average molecular weight is 340 g/mol. The van der Waals surface area contributed by atoms with Crippen LogP contribution >= 0.6 is 0 Å². The number of amides is 2. The highest BCUT2D eigenvalue weighted by Crippen LogP contribution is 2.29. The van der Waals surface area contributed by atoms with Gasteiger partial charge in [0.1, 0.15) is 0 Å². The summed E-state index contributed by atoms with van der Waals surface area (Å²) in [6.45, 7) is 2.14. The molecule has 2 rings (SSSR count). The number of urea groups is 1. The fourth-order valence-electron chi connectivity index (χ4n) is 2.25. The first-order valence-electron chi connectivity index (χ1n) is 7.43. The van der Waals surface area contributed by atoms with E-state index in [-0.39, 0.29) is 12.1 Å². The van der Waals surface area contributed by atoms with Gasteiger partial charge in [-0.25, -0.2) is 4.79 Å². The number of hydrogen-bond donors (Lipinski definition) is 2. The van der Waals surface area contributed by atoms with Crippen molar-refractivity contribution < 1.29 is 18.0 Å². The van der Waals surface area contributed by atoms with Gasteiger partial charge in [-0.05, 0) is 37.1 Å². The van der Waals surface area contributed by atoms with Crippen LogP contribution in [-0.2, 0) is 26.2 Å². The van der Waals surface area contributed by atoms with Gasteiger partial charge in [-0.15, -0.1) is 0 Å². The fraction of sp³-hybridized carbons (Fsp3) is 0.375. The molecule has 0 saturated carbocycles. The number of alkyl halides is 3. The second kappa shape index (κ2) is 7.37. The van der Waals surface area contributed by atoms with Crippen molar-refractivity contribution in [2.45, 2.75) is 32.1 Å². The van der Waals surface area contributed by atoms with Gasteiger partial charge < -0.3 is 10.6 Å². The molecule has 1 aromatic carbocycles. The third-order valence-corrected chi connectivity index (χ3v) is 3.55. The molecule has 2 N–H and O–H groups in total. The van der Waals surface area contributed by atoms with Crippen molar-refractivity contribution >= 4 is 6.03 Å². The largest absolute Gasteiger partial charge is 0.416 e. The molecule has 0 aliphatic carbocycles. The fourth-order valence-corrected chi connectivity index (χ4v) is 2.25. The van der Waals surface area contributed by atoms with Crippen molar-refractivity contribution in [1.29, 1.82) is 0 Å². The third kappa shape index (κ3) is 5.00. The number of aryl methyl sites for hydroxylation is 1. The molecule has 0 saturated heterocycles. The summed E-state index contributed by atoms with van der Waals surface area (Å²) in [7, 11) is 1.78. The monoisotopic (exact) mass is 340 g/mol. The lowest BCUT2D eigenvalue weighted by Gasteiger charge is -2.15. The molecule has 1 heterocycles. The van der Waals surface area contributed by atoms with E-state index in [9.17, 15) is 18.0 Å². The van der Waals surface area contributed by atoms with Crippen LogP contribution in [0.3, 0.4) is 0 Å². The zero-order valence-corrected chi connectivity index (χ0v) is 13.4. The van der Waals surface area contributed by atoms with Gasteiger partial charge in [-0.3, -0.25) is 4.68 Å². The molecule has 2 amide bonds. The summed E-state index contributed by atoms with van der Waals surface area (Å²) < 4.78 is 39.2. The van der Waals surface area contributed by atoms with Crippen molar-refractivity contribution in [2.24, 2.45) is 7.05 Å². The third-order valence-electron chi connectivity index (χ3n) is 3.55. The summed E-state index contributed by atoms with van der Waals surface area (Å²) in [6, 6.07) is 6.19. The number of hydrogen-bond acceptors (Lipinski definition) is 2. The van der Waals surface area contributed by atoms with E-state index in [1.54, 1.807) is 30.9 Å². The van der Waals surface area contributed by atoms with Crippen molar-refractivity contribution in [3.63, 3.8) is 0 Å². The minimum absolute atomic E-state index is 0.215. The first kappa shape index (κ1) is 17.8. The van der Waals surface area contributed by atoms with Crippen LogP contribution in [0.5, 0.6) is 0 Å². The normalized spacial score (nSPS) is 12.7. The molecule has 0 unspecified atom stereocenters. The van der Waals surface area contributed by atoms with E-state index in [2.05, 4.69) is 15.7 Å². The molecular formula is C16H19F3N4O. The van der Waals surface area contributed by atoms with Crippen LogP contribution in [0.25, 0.3) is 0 Å². The highest BCUT2D eigenvalue weighted by Gasteiger charge is 2.29. The first-order chi connectivity index (χ1) is 11.3. The Labute approximate surface area is 137 Å². The Morgan fingerprint density at radius 3 is 2.46 bits per heavy atom. The van der Waals surface area contributed by atoms with Crippen LogP contribution in [0.4, 0.5) is 18.0 Å². The molecule has 8 heteroatoms. The van der Waals surface area contributed by atoms with Crippen LogP contribution in [0, 0.1) is 0 Å². The number of nitrogens with one attached hydrogen (secondary N) is 2. The predicted octanol–water partition coefficient (Wildman–Crippen LogP) is 2.87. The molecule has 2 aromatic rings. The number of carbonyl (C=O) groups excluding carboxylic acids is 1. The minimum atomic E-state index is -4.34. The Hall–Kier alpha value is -2.51. The minimum Gasteiger partial charge on any atom is -0.335 e. The smallest absolute Gasteiger partial charge is 0.335 e. The molecule has 130 valence electrons. The summed E-state index contributed by atoms with van der Waals surface area (Å²) >= 11 is 0. The molecule has 1 atom stereocenters. The van der Waals surface area contributed by atoms with Crippen molar-refractivity contribution in [3.8, 4) is 0 Å². The number of nitrogens with zero attached hydrogens (tertiary/aromatic N) is 2. The van der Waals surface area contributed by atoms with Gasteiger partial charge in [0.2, 0.25) is 0 Å². The molecule has 0 radical (unpaired) electrons. The van der Waals surface area contributed by atoms with Crippen LogP contribution in [0.1, 0.15) is 23.7 Å². The molecule has 24 heavy (non-hydrogen) atoms. The zero-order valence-electron chi connectivity index (χ0n) is 13.4. The van der Waals surface area contributed by atoms with Gasteiger partial charge in [-0.2, -0.15) is 18.3 Å². The van der Waals surface area contributed by atoms with Gasteiger partial charge in [0.05, 0.1) is 17.8 Å². The Morgan fingerprint density at radius 1 is 1.25 bits per heavy atom. The highest BCUT2D eigenvalue weighted by atomic mass is 19.4. The van der Waals surface area contributed by atoms with E-state index in [4.69, 9.17) is 0 Å². The van der Waals surface area contributed by atoms with E-state index in [1.807, 2.05) is 0 Å². The van der Waals surface area contributed by atoms with Crippen molar-refractivity contribution in [2.75, 3.05) is 0 Å². The maximum Gasteiger partial charge on any atom is 0.416 e. The van der Waals surface area contributed by atoms with Crippen molar-refractivity contribution in [3.05, 3.63) is 53.3 Å². The molecule has 0 bridgehead atoms. The SMILES string of the molecule is C[C@H](Cc1ccc(C(F)(F)F)cc1)NC(=O)NCc1ccnn1C. The Balaban J connectivity index is 1.81. The molecule has 0 spiro atoms. The summed E-state index contributed by atoms with van der Waals surface area (Å²) in [4.78, 5) is 11.8. The summed E-state index contributed by atoms with van der Waals surface area (Å²) in [6.07, 6.45) is -2.26. The number of rotatable bonds is 5. The number of halogens is 3. The molecule has 1 aromatic heterocycles. The maximum absolute atomic E-state index is 12.5. The van der Waals surface area contributed by atoms with Crippen LogP contribution in [0.15, 0.2) is 36.5 Å². The van der Waals surface area contributed by atoms with Gasteiger partial charge >= 0.3 is 12.2 Å². The Kier molecular flexibility index (Phi) is 5.48. The predicted molar refractivity (Wildman–Crippen MR) is 83.2 cm³/mol. The average Bonchev–Trinajstić information content (AvgIpc) is 2.90. The van der Waals surface area contributed by atoms with Gasteiger partial charge in [0, 0.05) is 19.3 Å². The molecular weight excluding hydrogens is 321 g/mol. The number of aromatic nitrogens is 2. The Bertz CT molecular complexity index is 679. The standard InChI is InChI=1S/C16H19F3N4O/c1-11(9-12-3-5-13(6-4-12)16(17,18)19)22-15(24)20-10-14-7-8-21-23(14)2/h3-8,11H,9-10H2,1-2H3,(H2,20,22,24)/t11-/m1/s1. The summed E-state index contributed by atoms with van der Waals surface area (Å²) in [5.41, 5.74) is 0.906. The summed E-state index contributed by atoms with van der Waals surface area (Å²) in [5, 5.41) is 9.47. The molecule has 5 nitrogen and oxygen atoms in total. The number of carbonyl (C=O) groups is 1. The second-order valence-corrected chi connectivity index (χ2v) is 5.57. The van der Waals surface area contributed by atoms with Gasteiger partial charge in [0.15, 0.2) is 0 Å². The van der Waals surface area contributed by atoms with Crippen LogP contribution in [0.2, 0.25) is 0 Å². The van der Waals surface area contributed by atoms with E-state index >= 15 is 0 Å². The lowest BCUT2D eigenvalue weighted by molar-refractivity contribution is -0.137. The molecule has 0 fully saturated rings. The van der Waals surface area contributed by atoms with E-state index in [0.29, 0.717) is 13.0 Å². The second-order valence-electron chi connectivity index (χ2n) is 5.57. The van der Waals surface area contributed by atoms with Gasteiger partial charge in [-0.1, -0.05) is 12.1 Å². The zero-order chi connectivity index (χ0) is 17.7. The van der Waals surface area contributed by atoms with Crippen LogP contribution in [-0.4, -0.2) is 21.9 Å². The molecule has 0 aliphatic heterocycles. The quantitative estimate of drug-likeness (QED) is 0.879. The van der Waals surface area contributed by atoms with E-state index in [1.165, 1.54) is 12.1 Å². The lowest BCUT2D eigenvalue weighted by Crippen LogP contribution is -2.41. The highest BCUT2D eigenvalue weighted by molar-refractivity contribution is 5.74. The van der Waals surface area contributed by atoms with Gasteiger partial charge in [0.25, 0.3) is 0 Å².